The molecular formula is C10H18O3S. The zero-order chi connectivity index (χ0) is 10.6. The van der Waals surface area contributed by atoms with E-state index >= 15 is 0 Å². The highest BCUT2D eigenvalue weighted by atomic mass is 32.2. The average molecular weight is 218 g/mol. The van der Waals surface area contributed by atoms with Crippen LogP contribution in [0, 0.1) is 5.92 Å². The number of hydrogen-bond acceptors (Lipinski definition) is 3. The van der Waals surface area contributed by atoms with Crippen LogP contribution in [0.2, 0.25) is 0 Å². The molecule has 0 aromatic heterocycles. The van der Waals surface area contributed by atoms with Gasteiger partial charge in [0.25, 0.3) is 0 Å². The fourth-order valence-corrected chi connectivity index (χ4v) is 2.25. The summed E-state index contributed by atoms with van der Waals surface area (Å²) in [6.07, 6.45) is 3.97. The predicted molar refractivity (Wildman–Crippen MR) is 55.9 cm³/mol. The normalized spacial score (nSPS) is 16.9. The van der Waals surface area contributed by atoms with Crippen LogP contribution in [0.15, 0.2) is 0 Å². The van der Waals surface area contributed by atoms with Crippen molar-refractivity contribution in [1.82, 2.24) is 0 Å². The second-order valence-electron chi connectivity index (χ2n) is 4.03. The number of hydrogen-bond donors (Lipinski definition) is 0. The molecule has 0 aromatic carbocycles. The molecule has 1 fully saturated rings. The zero-order valence-electron chi connectivity index (χ0n) is 8.66. The van der Waals surface area contributed by atoms with Crippen molar-refractivity contribution in [3.8, 4) is 0 Å². The molecule has 0 bridgehead atoms. The third kappa shape index (κ3) is 4.74. The van der Waals surface area contributed by atoms with Crippen molar-refractivity contribution >= 4 is 15.6 Å². The molecule has 1 rings (SSSR count). The first-order valence-electron chi connectivity index (χ1n) is 5.25. The predicted octanol–water partition coefficient (Wildman–Crippen LogP) is 1.57. The third-order valence-corrected chi connectivity index (χ3v) is 4.35. The first kappa shape index (κ1) is 11.7. The van der Waals surface area contributed by atoms with Crippen LogP contribution < -0.4 is 0 Å². The Morgan fingerprint density at radius 3 is 2.50 bits per heavy atom. The summed E-state index contributed by atoms with van der Waals surface area (Å²) >= 11 is 0. The highest BCUT2D eigenvalue weighted by Gasteiger charge is 2.24. The lowest BCUT2D eigenvalue weighted by molar-refractivity contribution is -0.119. The number of Topliss-reactive ketones (excluding diaryl/α,β-unsaturated/α-hetero) is 1. The molecule has 0 saturated heterocycles. The van der Waals surface area contributed by atoms with E-state index in [-0.39, 0.29) is 17.3 Å². The Bertz CT molecular complexity index is 288. The second kappa shape index (κ2) is 4.91. The minimum atomic E-state index is -2.88. The lowest BCUT2D eigenvalue weighted by Gasteiger charge is -2.00. The lowest BCUT2D eigenvalue weighted by atomic mass is 10.1. The van der Waals surface area contributed by atoms with Gasteiger partial charge in [0.05, 0.1) is 5.75 Å². The fourth-order valence-electron chi connectivity index (χ4n) is 1.38. The molecule has 0 atom stereocenters. The number of sulfone groups is 1. The van der Waals surface area contributed by atoms with E-state index in [0.717, 1.165) is 0 Å². The lowest BCUT2D eigenvalue weighted by Crippen LogP contribution is -2.10. The van der Waals surface area contributed by atoms with Crippen molar-refractivity contribution in [1.29, 1.82) is 0 Å². The molecule has 0 heterocycles. The second-order valence-corrected chi connectivity index (χ2v) is 6.50. The Morgan fingerprint density at radius 1 is 1.36 bits per heavy atom. The summed E-state index contributed by atoms with van der Waals surface area (Å²) in [6, 6.07) is 0. The summed E-state index contributed by atoms with van der Waals surface area (Å²) in [5.41, 5.74) is 0. The van der Waals surface area contributed by atoms with Gasteiger partial charge >= 0.3 is 0 Å². The van der Waals surface area contributed by atoms with Crippen LogP contribution in [0.1, 0.15) is 39.0 Å². The number of carbonyl (C=O) groups excluding carboxylic acids is 1. The van der Waals surface area contributed by atoms with Crippen molar-refractivity contribution < 1.29 is 13.2 Å². The summed E-state index contributed by atoms with van der Waals surface area (Å²) in [4.78, 5) is 11.3. The van der Waals surface area contributed by atoms with Crippen molar-refractivity contribution in [3.63, 3.8) is 0 Å². The summed E-state index contributed by atoms with van der Waals surface area (Å²) in [7, 11) is -2.88. The van der Waals surface area contributed by atoms with E-state index in [4.69, 9.17) is 0 Å². The van der Waals surface area contributed by atoms with Crippen LogP contribution in [0.4, 0.5) is 0 Å². The van der Waals surface area contributed by atoms with E-state index < -0.39 is 9.84 Å². The molecular weight excluding hydrogens is 200 g/mol. The van der Waals surface area contributed by atoms with Gasteiger partial charge in [-0.25, -0.2) is 8.42 Å². The molecule has 0 N–H and O–H groups in total. The molecule has 3 nitrogen and oxygen atoms in total. The quantitative estimate of drug-likeness (QED) is 0.651. The van der Waals surface area contributed by atoms with E-state index in [1.807, 2.05) is 0 Å². The topological polar surface area (TPSA) is 51.2 Å². The van der Waals surface area contributed by atoms with Crippen molar-refractivity contribution in [2.24, 2.45) is 5.92 Å². The van der Waals surface area contributed by atoms with Gasteiger partial charge in [-0.15, -0.1) is 0 Å². The van der Waals surface area contributed by atoms with Gasteiger partial charge in [0.15, 0.2) is 0 Å². The molecule has 0 aromatic rings. The number of ketones is 1. The highest BCUT2D eigenvalue weighted by molar-refractivity contribution is 7.91. The monoisotopic (exact) mass is 218 g/mol. The molecule has 1 aliphatic rings. The first-order chi connectivity index (χ1) is 6.53. The Hall–Kier alpha value is -0.380. The molecule has 0 amide bonds. The molecule has 4 heteroatoms. The van der Waals surface area contributed by atoms with E-state index in [1.54, 1.807) is 6.92 Å². The van der Waals surface area contributed by atoms with Crippen molar-refractivity contribution in [2.45, 2.75) is 39.0 Å². The van der Waals surface area contributed by atoms with Gasteiger partial charge in [0.2, 0.25) is 0 Å². The maximum atomic E-state index is 11.3. The number of rotatable bonds is 7. The minimum absolute atomic E-state index is 0.167. The van der Waals surface area contributed by atoms with Crippen LogP contribution in [0.25, 0.3) is 0 Å². The van der Waals surface area contributed by atoms with E-state index in [9.17, 15) is 13.2 Å². The maximum Gasteiger partial charge on any atom is 0.150 e. The summed E-state index contributed by atoms with van der Waals surface area (Å²) in [6.45, 7) is 1.64. The van der Waals surface area contributed by atoms with Gasteiger partial charge in [-0.2, -0.15) is 0 Å². The molecule has 0 aliphatic heterocycles. The SMILES string of the molecule is CCS(=O)(=O)CCCC(=O)CC1CC1. The average Bonchev–Trinajstić information content (AvgIpc) is 2.88. The van der Waals surface area contributed by atoms with Crippen LogP contribution in [0.3, 0.4) is 0 Å². The number of carbonyl (C=O) groups is 1. The zero-order valence-corrected chi connectivity index (χ0v) is 9.48. The van der Waals surface area contributed by atoms with Crippen LogP contribution in [-0.2, 0) is 14.6 Å². The van der Waals surface area contributed by atoms with Crippen molar-refractivity contribution in [3.05, 3.63) is 0 Å². The molecule has 1 saturated carbocycles. The molecule has 14 heavy (non-hydrogen) atoms. The van der Waals surface area contributed by atoms with Crippen LogP contribution >= 0.6 is 0 Å². The van der Waals surface area contributed by atoms with Gasteiger partial charge in [-0.05, 0) is 25.2 Å². The maximum absolute atomic E-state index is 11.3. The third-order valence-electron chi connectivity index (χ3n) is 2.56. The van der Waals surface area contributed by atoms with Gasteiger partial charge in [0, 0.05) is 18.6 Å². The molecule has 1 aliphatic carbocycles. The Balaban J connectivity index is 2.10. The van der Waals surface area contributed by atoms with E-state index in [1.165, 1.54) is 12.8 Å². The van der Waals surface area contributed by atoms with Gasteiger partial charge in [-0.3, -0.25) is 4.79 Å². The first-order valence-corrected chi connectivity index (χ1v) is 7.08. The summed E-state index contributed by atoms with van der Waals surface area (Å²) < 4.78 is 22.2. The fraction of sp³-hybridized carbons (Fsp3) is 0.900. The molecule has 82 valence electrons. The Morgan fingerprint density at radius 2 is 2.00 bits per heavy atom. The highest BCUT2D eigenvalue weighted by Crippen LogP contribution is 2.32. The standard InChI is InChI=1S/C10H18O3S/c1-2-14(12,13)7-3-4-10(11)8-9-5-6-9/h9H,2-8H2,1H3. The van der Waals surface area contributed by atoms with Crippen LogP contribution in [0.5, 0.6) is 0 Å². The minimum Gasteiger partial charge on any atom is -0.300 e. The van der Waals surface area contributed by atoms with E-state index in [0.29, 0.717) is 25.2 Å². The van der Waals surface area contributed by atoms with Gasteiger partial charge in [-0.1, -0.05) is 6.92 Å². The summed E-state index contributed by atoms with van der Waals surface area (Å²) in [5, 5.41) is 0. The van der Waals surface area contributed by atoms with Crippen LogP contribution in [-0.4, -0.2) is 25.7 Å². The largest absolute Gasteiger partial charge is 0.300 e. The Kier molecular flexibility index (Phi) is 4.11. The van der Waals surface area contributed by atoms with Gasteiger partial charge < -0.3 is 0 Å². The molecule has 0 unspecified atom stereocenters. The molecule has 0 radical (unpaired) electrons. The smallest absolute Gasteiger partial charge is 0.150 e. The molecule has 0 spiro atoms. The van der Waals surface area contributed by atoms with Gasteiger partial charge in [0.1, 0.15) is 15.6 Å². The van der Waals surface area contributed by atoms with E-state index in [2.05, 4.69) is 0 Å². The van der Waals surface area contributed by atoms with Crippen molar-refractivity contribution in [2.75, 3.05) is 11.5 Å². The summed E-state index contributed by atoms with van der Waals surface area (Å²) in [5.74, 6) is 1.20. The Labute approximate surface area is 85.8 Å².